The van der Waals surface area contributed by atoms with E-state index < -0.39 is 22.7 Å². The van der Waals surface area contributed by atoms with Gasteiger partial charge in [0.2, 0.25) is 0 Å². The molecule has 33 heavy (non-hydrogen) atoms. The Morgan fingerprint density at radius 1 is 1.18 bits per heavy atom. The van der Waals surface area contributed by atoms with E-state index in [4.69, 9.17) is 21.1 Å². The van der Waals surface area contributed by atoms with Crippen LogP contribution < -0.4 is 4.31 Å². The molecule has 1 atom stereocenters. The van der Waals surface area contributed by atoms with Gasteiger partial charge >= 0.3 is 17.3 Å². The van der Waals surface area contributed by atoms with Crippen molar-refractivity contribution in [2.24, 2.45) is 10.5 Å². The predicted octanol–water partition coefficient (Wildman–Crippen LogP) is 5.73. The fourth-order valence-electron chi connectivity index (χ4n) is 3.18. The highest BCUT2D eigenvalue weighted by Gasteiger charge is 2.49. The van der Waals surface area contributed by atoms with Gasteiger partial charge < -0.3 is 9.47 Å². The van der Waals surface area contributed by atoms with Gasteiger partial charge in [-0.05, 0) is 55.8 Å². The lowest BCUT2D eigenvalue weighted by atomic mass is 9.82. The van der Waals surface area contributed by atoms with Crippen molar-refractivity contribution in [1.82, 2.24) is 5.01 Å². The summed E-state index contributed by atoms with van der Waals surface area (Å²) in [6.07, 6.45) is 0. The molecule has 1 unspecified atom stereocenters. The number of anilines is 1. The predicted molar refractivity (Wildman–Crippen MR) is 131 cm³/mol. The molecule has 0 bridgehead atoms. The number of urea groups is 1. The summed E-state index contributed by atoms with van der Waals surface area (Å²) in [5, 5.41) is 5.48. The number of esters is 1. The van der Waals surface area contributed by atoms with E-state index in [1.165, 1.54) is 7.11 Å². The lowest BCUT2D eigenvalue weighted by Crippen LogP contribution is -2.44. The fourth-order valence-corrected chi connectivity index (χ4v) is 4.20. The van der Waals surface area contributed by atoms with E-state index in [2.05, 4.69) is 21.0 Å². The number of carbonyl (C=O) groups is 3. The number of benzene rings is 2. The molecule has 0 aromatic heterocycles. The van der Waals surface area contributed by atoms with Crippen molar-refractivity contribution in [2.75, 3.05) is 24.6 Å². The first-order valence-corrected chi connectivity index (χ1v) is 11.8. The maximum atomic E-state index is 13.5. The smallest absolute Gasteiger partial charge is 0.388 e. The second-order valence-corrected chi connectivity index (χ2v) is 9.40. The lowest BCUT2D eigenvalue weighted by Gasteiger charge is -2.26. The van der Waals surface area contributed by atoms with Gasteiger partial charge in [-0.2, -0.15) is 5.10 Å². The van der Waals surface area contributed by atoms with E-state index in [0.717, 1.165) is 13.8 Å². The van der Waals surface area contributed by atoms with Crippen LogP contribution in [0.1, 0.15) is 19.4 Å². The number of hydrogen-bond acceptors (Lipinski definition) is 7. The standard InChI is InChI=1S/C22H21BrClN3O5S/c1-4-32-19(28)22(2)13-26(25-18(22)14-5-9-16(24)10-6-14)20(29)27(33-21(30)31-3)17-11-7-15(23)8-12-17/h5-12H,4,13H2,1-3H3. The fraction of sp³-hybridized carbons (Fsp3) is 0.273. The molecule has 11 heteroatoms. The lowest BCUT2D eigenvalue weighted by molar-refractivity contribution is -0.150. The van der Waals surface area contributed by atoms with E-state index in [-0.39, 0.29) is 13.2 Å². The highest BCUT2D eigenvalue weighted by atomic mass is 79.9. The summed E-state index contributed by atoms with van der Waals surface area (Å²) in [5.41, 5.74) is 0.207. The van der Waals surface area contributed by atoms with Gasteiger partial charge in [-0.3, -0.25) is 4.79 Å². The number of ether oxygens (including phenoxy) is 2. The molecular weight excluding hydrogens is 534 g/mol. The summed E-state index contributed by atoms with van der Waals surface area (Å²) in [4.78, 5) is 38.5. The van der Waals surface area contributed by atoms with Crippen molar-refractivity contribution in [3.8, 4) is 0 Å². The van der Waals surface area contributed by atoms with Crippen molar-refractivity contribution < 1.29 is 23.9 Å². The van der Waals surface area contributed by atoms with Crippen LogP contribution in [0.25, 0.3) is 0 Å². The Hall–Kier alpha value is -2.56. The molecule has 174 valence electrons. The second-order valence-electron chi connectivity index (χ2n) is 7.16. The summed E-state index contributed by atoms with van der Waals surface area (Å²) in [6.45, 7) is 3.49. The third-order valence-corrected chi connectivity index (χ3v) is 6.49. The van der Waals surface area contributed by atoms with E-state index in [0.29, 0.717) is 33.9 Å². The first-order valence-electron chi connectivity index (χ1n) is 9.85. The number of amides is 2. The van der Waals surface area contributed by atoms with Gasteiger partial charge in [-0.25, -0.2) is 18.9 Å². The van der Waals surface area contributed by atoms with Gasteiger partial charge in [0.25, 0.3) is 0 Å². The Morgan fingerprint density at radius 2 is 1.82 bits per heavy atom. The Labute approximate surface area is 209 Å². The molecular formula is C22H21BrClN3O5S. The van der Waals surface area contributed by atoms with Crippen molar-refractivity contribution >= 4 is 68.2 Å². The highest BCUT2D eigenvalue weighted by Crippen LogP contribution is 2.36. The Balaban J connectivity index is 2.02. The van der Waals surface area contributed by atoms with E-state index in [1.807, 2.05) is 0 Å². The maximum Gasteiger partial charge on any atom is 0.388 e. The molecule has 0 spiro atoms. The van der Waals surface area contributed by atoms with Crippen molar-refractivity contribution in [3.63, 3.8) is 0 Å². The van der Waals surface area contributed by atoms with E-state index in [9.17, 15) is 14.4 Å². The molecule has 2 aromatic carbocycles. The van der Waals surface area contributed by atoms with E-state index >= 15 is 0 Å². The molecule has 8 nitrogen and oxygen atoms in total. The van der Waals surface area contributed by atoms with Crippen molar-refractivity contribution in [1.29, 1.82) is 0 Å². The summed E-state index contributed by atoms with van der Waals surface area (Å²) in [7, 11) is 1.23. The molecule has 1 aliphatic heterocycles. The molecule has 0 N–H and O–H groups in total. The number of carbonyl (C=O) groups excluding carboxylic acids is 3. The SMILES string of the molecule is CCOC(=O)C1(C)CN(C(=O)N(SC(=O)OC)c2ccc(Br)cc2)N=C1c1ccc(Cl)cc1. The number of rotatable bonds is 4. The number of methoxy groups -OCH3 is 1. The zero-order valence-electron chi connectivity index (χ0n) is 18.1. The summed E-state index contributed by atoms with van der Waals surface area (Å²) >= 11 is 9.94. The van der Waals surface area contributed by atoms with Crippen LogP contribution in [0.3, 0.4) is 0 Å². The molecule has 0 aliphatic carbocycles. The molecule has 2 amide bonds. The van der Waals surface area contributed by atoms with Gasteiger partial charge in [-0.1, -0.05) is 39.7 Å². The molecule has 1 heterocycles. The number of halogens is 2. The molecule has 3 rings (SSSR count). The molecule has 0 saturated carbocycles. The number of hydrogen-bond donors (Lipinski definition) is 0. The van der Waals surface area contributed by atoms with Crippen LogP contribution in [0.2, 0.25) is 5.02 Å². The van der Waals surface area contributed by atoms with Gasteiger partial charge in [0.15, 0.2) is 0 Å². The van der Waals surface area contributed by atoms with Crippen LogP contribution in [-0.4, -0.2) is 48.3 Å². The minimum Gasteiger partial charge on any atom is -0.465 e. The summed E-state index contributed by atoms with van der Waals surface area (Å²) < 4.78 is 12.0. The van der Waals surface area contributed by atoms with Gasteiger partial charge in [0, 0.05) is 9.50 Å². The normalized spacial score (nSPS) is 17.4. The van der Waals surface area contributed by atoms with Crippen LogP contribution >= 0.6 is 39.5 Å². The third kappa shape index (κ3) is 5.51. The number of nitrogens with zero attached hydrogens (tertiary/aromatic N) is 3. The molecule has 0 saturated heterocycles. The van der Waals surface area contributed by atoms with Crippen LogP contribution in [0.15, 0.2) is 58.1 Å². The topological polar surface area (TPSA) is 88.5 Å². The van der Waals surface area contributed by atoms with Crippen LogP contribution in [0, 0.1) is 5.41 Å². The van der Waals surface area contributed by atoms with Crippen LogP contribution in [-0.2, 0) is 14.3 Å². The average molecular weight is 555 g/mol. The minimum absolute atomic E-state index is 0.0720. The van der Waals surface area contributed by atoms with Crippen LogP contribution in [0.4, 0.5) is 15.3 Å². The first-order chi connectivity index (χ1) is 15.7. The third-order valence-electron chi connectivity index (χ3n) is 4.84. The Morgan fingerprint density at radius 3 is 2.39 bits per heavy atom. The van der Waals surface area contributed by atoms with E-state index in [1.54, 1.807) is 62.4 Å². The molecule has 2 aromatic rings. The largest absolute Gasteiger partial charge is 0.465 e. The first kappa shape index (κ1) is 25.1. The molecule has 1 aliphatic rings. The number of hydrazone groups is 1. The average Bonchev–Trinajstić information content (AvgIpc) is 3.17. The minimum atomic E-state index is -1.22. The molecule has 0 fully saturated rings. The van der Waals surface area contributed by atoms with Crippen molar-refractivity contribution in [2.45, 2.75) is 13.8 Å². The Bertz CT molecular complexity index is 1080. The second kappa shape index (κ2) is 10.6. The zero-order valence-corrected chi connectivity index (χ0v) is 21.2. The monoisotopic (exact) mass is 553 g/mol. The maximum absolute atomic E-state index is 13.5. The summed E-state index contributed by atoms with van der Waals surface area (Å²) in [6, 6.07) is 13.0. The Kier molecular flexibility index (Phi) is 8.04. The van der Waals surface area contributed by atoms with Gasteiger partial charge in [-0.15, -0.1) is 0 Å². The zero-order chi connectivity index (χ0) is 24.2. The van der Waals surface area contributed by atoms with Crippen molar-refractivity contribution in [3.05, 3.63) is 63.6 Å². The van der Waals surface area contributed by atoms with Gasteiger partial charge in [0.05, 0.1) is 43.6 Å². The molecule has 0 radical (unpaired) electrons. The summed E-state index contributed by atoms with van der Waals surface area (Å²) in [5.74, 6) is -0.509. The quantitative estimate of drug-likeness (QED) is 0.354. The van der Waals surface area contributed by atoms with Gasteiger partial charge in [0.1, 0.15) is 5.41 Å². The highest BCUT2D eigenvalue weighted by molar-refractivity contribution is 9.10. The van der Waals surface area contributed by atoms with Crippen LogP contribution in [0.5, 0.6) is 0 Å².